The summed E-state index contributed by atoms with van der Waals surface area (Å²) in [4.78, 5) is 12.4. The largest absolute Gasteiger partial charge is 0.305 e. The number of carbonyl (C=O) groups excluding carboxylic acids is 1. The molecular weight excluding hydrogens is 294 g/mol. The van der Waals surface area contributed by atoms with Crippen molar-refractivity contribution in [2.75, 3.05) is 6.54 Å². The van der Waals surface area contributed by atoms with Crippen LogP contribution in [0.4, 0.5) is 0 Å². The molecule has 1 atom stereocenters. The zero-order chi connectivity index (χ0) is 13.3. The summed E-state index contributed by atoms with van der Waals surface area (Å²) < 4.78 is 2.88. The van der Waals surface area contributed by atoms with Gasteiger partial charge in [0.25, 0.3) is 0 Å². The van der Waals surface area contributed by atoms with Crippen LogP contribution in [0.1, 0.15) is 38.1 Å². The lowest BCUT2D eigenvalue weighted by molar-refractivity contribution is -0.123. The number of rotatable bonds is 4. The maximum Gasteiger partial charge on any atom is 0.158 e. The van der Waals surface area contributed by atoms with Crippen LogP contribution < -0.4 is 5.32 Å². The topological polar surface area (TPSA) is 46.9 Å². The number of aromatic nitrogens is 2. The summed E-state index contributed by atoms with van der Waals surface area (Å²) in [6.45, 7) is 7.74. The molecule has 0 saturated carbocycles. The van der Waals surface area contributed by atoms with Crippen LogP contribution in [-0.2, 0) is 17.8 Å². The Morgan fingerprint density at radius 3 is 2.89 bits per heavy atom. The first-order valence-corrected chi connectivity index (χ1v) is 7.27. The quantitative estimate of drug-likeness (QED) is 0.927. The van der Waals surface area contributed by atoms with Gasteiger partial charge in [-0.15, -0.1) is 0 Å². The van der Waals surface area contributed by atoms with Crippen molar-refractivity contribution in [3.63, 3.8) is 0 Å². The Labute approximate surface area is 116 Å². The average Bonchev–Trinajstić information content (AvgIpc) is 2.89. The van der Waals surface area contributed by atoms with E-state index < -0.39 is 0 Å². The number of halogens is 1. The highest BCUT2D eigenvalue weighted by atomic mass is 79.9. The lowest BCUT2D eigenvalue weighted by Gasteiger charge is -2.22. The van der Waals surface area contributed by atoms with Gasteiger partial charge in [0.2, 0.25) is 0 Å². The lowest BCUT2D eigenvalue weighted by Crippen LogP contribution is -2.45. The second-order valence-corrected chi connectivity index (χ2v) is 5.92. The van der Waals surface area contributed by atoms with Gasteiger partial charge in [-0.3, -0.25) is 9.48 Å². The number of ketones is 1. The molecule has 0 aromatic carbocycles. The fourth-order valence-electron chi connectivity index (χ4n) is 2.52. The molecule has 1 aromatic heterocycles. The summed E-state index contributed by atoms with van der Waals surface area (Å²) in [5, 5.41) is 7.75. The predicted molar refractivity (Wildman–Crippen MR) is 74.7 cm³/mol. The van der Waals surface area contributed by atoms with Crippen molar-refractivity contribution in [1.29, 1.82) is 0 Å². The number of aryl methyl sites for hydroxylation is 2. The van der Waals surface area contributed by atoms with E-state index in [-0.39, 0.29) is 11.3 Å². The van der Waals surface area contributed by atoms with E-state index in [0.29, 0.717) is 6.42 Å². The first-order valence-electron chi connectivity index (χ1n) is 6.48. The summed E-state index contributed by atoms with van der Waals surface area (Å²) in [5.41, 5.74) is 1.59. The SMILES string of the molecule is CCn1nc(C)c(Br)c1CC(=O)C1(C)CCCN1. The fourth-order valence-corrected chi connectivity index (χ4v) is 2.94. The molecule has 0 bridgehead atoms. The molecule has 0 amide bonds. The number of nitrogens with one attached hydrogen (secondary N) is 1. The van der Waals surface area contributed by atoms with Crippen molar-refractivity contribution >= 4 is 21.7 Å². The Morgan fingerprint density at radius 1 is 1.61 bits per heavy atom. The summed E-state index contributed by atoms with van der Waals surface area (Å²) in [5.74, 6) is 0.260. The van der Waals surface area contributed by atoms with Crippen LogP contribution in [0.25, 0.3) is 0 Å². The molecule has 0 spiro atoms. The van der Waals surface area contributed by atoms with Gasteiger partial charge in [-0.1, -0.05) is 0 Å². The second-order valence-electron chi connectivity index (χ2n) is 5.12. The third kappa shape index (κ3) is 2.38. The third-order valence-corrected chi connectivity index (χ3v) is 4.80. The first-order chi connectivity index (χ1) is 8.48. The molecule has 2 rings (SSSR count). The van der Waals surface area contributed by atoms with E-state index in [9.17, 15) is 4.79 Å². The van der Waals surface area contributed by atoms with Crippen LogP contribution in [0, 0.1) is 6.92 Å². The van der Waals surface area contributed by atoms with Crippen LogP contribution in [0.2, 0.25) is 0 Å². The van der Waals surface area contributed by atoms with Gasteiger partial charge in [0, 0.05) is 6.54 Å². The standard InChI is InChI=1S/C13H20BrN3O/c1-4-17-10(12(14)9(2)16-17)8-11(18)13(3)6-5-7-15-13/h15H,4-8H2,1-3H3. The fraction of sp³-hybridized carbons (Fsp3) is 0.692. The van der Waals surface area contributed by atoms with E-state index in [1.807, 2.05) is 25.5 Å². The van der Waals surface area contributed by atoms with Crippen molar-refractivity contribution in [3.8, 4) is 0 Å². The predicted octanol–water partition coefficient (Wildman–Crippen LogP) is 2.23. The molecule has 18 heavy (non-hydrogen) atoms. The molecule has 4 nitrogen and oxygen atoms in total. The second kappa shape index (κ2) is 5.13. The van der Waals surface area contributed by atoms with Crippen molar-refractivity contribution in [3.05, 3.63) is 15.9 Å². The zero-order valence-corrected chi connectivity index (χ0v) is 12.8. The maximum atomic E-state index is 12.4. The minimum atomic E-state index is -0.351. The highest BCUT2D eigenvalue weighted by Gasteiger charge is 2.36. The number of hydrogen-bond donors (Lipinski definition) is 1. The average molecular weight is 314 g/mol. The van der Waals surface area contributed by atoms with Crippen LogP contribution in [0.5, 0.6) is 0 Å². The van der Waals surface area contributed by atoms with Crippen molar-refractivity contribution in [2.45, 2.75) is 52.1 Å². The Hall–Kier alpha value is -0.680. The van der Waals surface area contributed by atoms with Crippen LogP contribution in [-0.4, -0.2) is 27.6 Å². The van der Waals surface area contributed by atoms with Gasteiger partial charge >= 0.3 is 0 Å². The van der Waals surface area contributed by atoms with E-state index in [0.717, 1.165) is 41.8 Å². The smallest absolute Gasteiger partial charge is 0.158 e. The summed E-state index contributed by atoms with van der Waals surface area (Å²) in [6, 6.07) is 0. The highest BCUT2D eigenvalue weighted by Crippen LogP contribution is 2.26. The molecule has 0 radical (unpaired) electrons. The van der Waals surface area contributed by atoms with E-state index in [1.165, 1.54) is 0 Å². The van der Waals surface area contributed by atoms with Crippen LogP contribution >= 0.6 is 15.9 Å². The lowest BCUT2D eigenvalue weighted by atomic mass is 9.91. The van der Waals surface area contributed by atoms with Crippen molar-refractivity contribution in [2.24, 2.45) is 0 Å². The van der Waals surface area contributed by atoms with E-state index in [4.69, 9.17) is 0 Å². The molecule has 1 fully saturated rings. The van der Waals surface area contributed by atoms with E-state index in [2.05, 4.69) is 26.3 Å². The minimum absolute atomic E-state index is 0.260. The summed E-state index contributed by atoms with van der Waals surface area (Å²) in [7, 11) is 0. The molecule has 1 saturated heterocycles. The van der Waals surface area contributed by atoms with Gasteiger partial charge in [0.1, 0.15) is 0 Å². The highest BCUT2D eigenvalue weighted by molar-refractivity contribution is 9.10. The molecule has 1 aliphatic rings. The summed E-state index contributed by atoms with van der Waals surface area (Å²) >= 11 is 3.54. The van der Waals surface area contributed by atoms with E-state index >= 15 is 0 Å². The maximum absolute atomic E-state index is 12.4. The van der Waals surface area contributed by atoms with Crippen molar-refractivity contribution in [1.82, 2.24) is 15.1 Å². The number of hydrogen-bond acceptors (Lipinski definition) is 3. The number of Topliss-reactive ketones (excluding diaryl/α,β-unsaturated/α-hetero) is 1. The zero-order valence-electron chi connectivity index (χ0n) is 11.2. The van der Waals surface area contributed by atoms with Gasteiger partial charge in [0.05, 0.1) is 27.8 Å². The Morgan fingerprint density at radius 2 is 2.33 bits per heavy atom. The monoisotopic (exact) mass is 313 g/mol. The van der Waals surface area contributed by atoms with Gasteiger partial charge in [-0.05, 0) is 56.1 Å². The molecule has 1 aliphatic heterocycles. The molecule has 1 N–H and O–H groups in total. The minimum Gasteiger partial charge on any atom is -0.305 e. The third-order valence-electron chi connectivity index (χ3n) is 3.76. The van der Waals surface area contributed by atoms with Gasteiger partial charge in [0.15, 0.2) is 5.78 Å². The van der Waals surface area contributed by atoms with Crippen LogP contribution in [0.15, 0.2) is 4.47 Å². The Bertz CT molecular complexity index is 461. The molecule has 2 heterocycles. The summed E-state index contributed by atoms with van der Waals surface area (Å²) in [6.07, 6.45) is 2.46. The van der Waals surface area contributed by atoms with Crippen LogP contribution in [0.3, 0.4) is 0 Å². The van der Waals surface area contributed by atoms with Crippen molar-refractivity contribution < 1.29 is 4.79 Å². The molecule has 0 aliphatic carbocycles. The normalized spacial score (nSPS) is 23.6. The molecular formula is C13H20BrN3O. The molecule has 1 aromatic rings. The van der Waals surface area contributed by atoms with Gasteiger partial charge in [-0.25, -0.2) is 0 Å². The Balaban J connectivity index is 2.21. The number of nitrogens with zero attached hydrogens (tertiary/aromatic N) is 2. The van der Waals surface area contributed by atoms with Gasteiger partial charge in [-0.2, -0.15) is 5.10 Å². The first kappa shape index (κ1) is 13.7. The molecule has 1 unspecified atom stereocenters. The Kier molecular flexibility index (Phi) is 3.92. The van der Waals surface area contributed by atoms with Gasteiger partial charge < -0.3 is 5.32 Å². The number of carbonyl (C=O) groups is 1. The van der Waals surface area contributed by atoms with E-state index in [1.54, 1.807) is 0 Å². The molecule has 100 valence electrons. The molecule has 5 heteroatoms.